The second-order valence-corrected chi connectivity index (χ2v) is 21.0. The summed E-state index contributed by atoms with van der Waals surface area (Å²) in [6, 6.07) is 71.9. The number of hydrogen-bond donors (Lipinski definition) is 1. The number of aliphatic hydroxyl groups excluding tert-OH is 1. The van der Waals surface area contributed by atoms with Gasteiger partial charge in [-0.05, 0) is 94.3 Å². The molecule has 0 unspecified atom stereocenters. The van der Waals surface area contributed by atoms with E-state index in [2.05, 4.69) is 194 Å². The van der Waals surface area contributed by atoms with Gasteiger partial charge in [-0.15, -0.1) is 7.53 Å². The maximum atomic E-state index is 12.1. The molecule has 4 heteroatoms. The van der Waals surface area contributed by atoms with Crippen molar-refractivity contribution in [2.75, 3.05) is 18.9 Å². The molecule has 0 spiro atoms. The van der Waals surface area contributed by atoms with Crippen LogP contribution in [0.1, 0.15) is 6.42 Å². The molecule has 0 aliphatic heterocycles. The highest BCUT2D eigenvalue weighted by molar-refractivity contribution is 7.74. The molecular weight excluding hydrogens is 709 g/mol. The van der Waals surface area contributed by atoms with E-state index in [4.69, 9.17) is 0 Å². The highest BCUT2D eigenvalue weighted by Crippen LogP contribution is 2.57. The van der Waals surface area contributed by atoms with Crippen LogP contribution in [0.25, 0.3) is 42.6 Å². The SMILES string of the molecule is OC[C@@](CCP(c1cccc2ccccc12)c1cccc2ccccc12)(CP(c1ccccc1)c1ccccc1)Cp1c2ccccc2c2ccccc21. The lowest BCUT2D eigenvalue weighted by Crippen LogP contribution is -2.35. The Bertz CT molecular complexity index is 2500. The number of rotatable bonds is 12. The Kier molecular flexibility index (Phi) is 10.2. The average molecular weight is 753 g/mol. The molecule has 0 bridgehead atoms. The minimum absolute atomic E-state index is 0.156. The molecule has 264 valence electrons. The van der Waals surface area contributed by atoms with Crippen LogP contribution in [0, 0.1) is 5.41 Å². The minimum Gasteiger partial charge on any atom is -0.396 e. The van der Waals surface area contributed by atoms with Crippen molar-refractivity contribution in [2.24, 2.45) is 5.41 Å². The topological polar surface area (TPSA) is 20.2 Å². The van der Waals surface area contributed by atoms with Crippen molar-refractivity contribution in [3.8, 4) is 0 Å². The summed E-state index contributed by atoms with van der Waals surface area (Å²) >= 11 is 0. The fraction of sp³-hybridized carbons (Fsp3) is 0.120. The van der Waals surface area contributed by atoms with Crippen molar-refractivity contribution in [1.82, 2.24) is 0 Å². The van der Waals surface area contributed by atoms with Crippen LogP contribution in [-0.4, -0.2) is 24.0 Å². The lowest BCUT2D eigenvalue weighted by atomic mass is 9.91. The van der Waals surface area contributed by atoms with Gasteiger partial charge in [0.1, 0.15) is 0 Å². The third-order valence-electron chi connectivity index (χ3n) is 11.1. The second kappa shape index (κ2) is 15.6. The first-order valence-electron chi connectivity index (χ1n) is 18.9. The zero-order valence-corrected chi connectivity index (χ0v) is 33.0. The van der Waals surface area contributed by atoms with Gasteiger partial charge in [0.2, 0.25) is 0 Å². The Hall–Kier alpha value is -4.60. The fourth-order valence-electron chi connectivity index (χ4n) is 8.39. The number of aliphatic hydroxyl groups is 1. The van der Waals surface area contributed by atoms with Gasteiger partial charge in [0.05, 0.1) is 0 Å². The molecule has 1 nitrogen and oxygen atoms in total. The van der Waals surface area contributed by atoms with Gasteiger partial charge >= 0.3 is 0 Å². The third kappa shape index (κ3) is 6.81. The van der Waals surface area contributed by atoms with Gasteiger partial charge in [-0.3, -0.25) is 0 Å². The average Bonchev–Trinajstić information content (AvgIpc) is 3.56. The predicted octanol–water partition coefficient (Wildman–Crippen LogP) is 11.9. The summed E-state index contributed by atoms with van der Waals surface area (Å²) in [4.78, 5) is 0. The summed E-state index contributed by atoms with van der Waals surface area (Å²) in [5.74, 6) is 0. The van der Waals surface area contributed by atoms with Crippen LogP contribution < -0.4 is 21.2 Å². The van der Waals surface area contributed by atoms with E-state index in [9.17, 15) is 5.11 Å². The first-order valence-corrected chi connectivity index (χ1v) is 23.5. The molecule has 9 aromatic rings. The van der Waals surface area contributed by atoms with E-state index in [1.165, 1.54) is 63.8 Å². The van der Waals surface area contributed by atoms with Gasteiger partial charge in [0.15, 0.2) is 0 Å². The Balaban J connectivity index is 1.22. The molecule has 0 saturated heterocycles. The molecule has 1 heterocycles. The zero-order chi connectivity index (χ0) is 36.3. The van der Waals surface area contributed by atoms with Gasteiger partial charge in [-0.2, -0.15) is 0 Å². The van der Waals surface area contributed by atoms with Crippen LogP contribution in [0.2, 0.25) is 0 Å². The normalized spacial score (nSPS) is 13.0. The molecule has 9 rings (SSSR count). The van der Waals surface area contributed by atoms with Crippen molar-refractivity contribution in [1.29, 1.82) is 0 Å². The van der Waals surface area contributed by atoms with E-state index in [1.54, 1.807) is 0 Å². The molecule has 1 N–H and O–H groups in total. The quantitative estimate of drug-likeness (QED) is 0.123. The Morgan fingerprint density at radius 3 is 1.35 bits per heavy atom. The van der Waals surface area contributed by atoms with E-state index in [1.807, 2.05) is 0 Å². The van der Waals surface area contributed by atoms with Crippen molar-refractivity contribution < 1.29 is 5.11 Å². The molecule has 1 aromatic heterocycles. The maximum absolute atomic E-state index is 12.1. The summed E-state index contributed by atoms with van der Waals surface area (Å²) in [5, 5.41) is 28.6. The highest BCUT2D eigenvalue weighted by atomic mass is 31.1. The molecule has 8 aromatic carbocycles. The minimum atomic E-state index is -0.774. The van der Waals surface area contributed by atoms with Crippen molar-refractivity contribution in [3.05, 3.63) is 194 Å². The van der Waals surface area contributed by atoms with Gasteiger partial charge in [0, 0.05) is 22.3 Å². The largest absolute Gasteiger partial charge is 0.396 e. The van der Waals surface area contributed by atoms with Gasteiger partial charge in [0.25, 0.3) is 0 Å². The summed E-state index contributed by atoms with van der Waals surface area (Å²) in [6.07, 6.45) is 3.82. The Labute approximate surface area is 321 Å². The van der Waals surface area contributed by atoms with Crippen LogP contribution in [0.15, 0.2) is 194 Å². The van der Waals surface area contributed by atoms with Crippen molar-refractivity contribution >= 4 is 87.1 Å². The van der Waals surface area contributed by atoms with Crippen LogP contribution in [0.3, 0.4) is 0 Å². The molecule has 0 radical (unpaired) electrons. The lowest BCUT2D eigenvalue weighted by Gasteiger charge is -2.38. The molecule has 1 atom stereocenters. The van der Waals surface area contributed by atoms with Crippen LogP contribution >= 0.6 is 23.4 Å². The molecule has 54 heavy (non-hydrogen) atoms. The molecule has 0 amide bonds. The lowest BCUT2D eigenvalue weighted by molar-refractivity contribution is 0.152. The van der Waals surface area contributed by atoms with Crippen LogP contribution in [0.5, 0.6) is 0 Å². The van der Waals surface area contributed by atoms with Gasteiger partial charge in [-0.25, -0.2) is 0 Å². The standard InChI is InChI=1S/C50H43OP3/c51-35-50(36-53(40-21-3-1-4-22-40)41-23-5-2-6-24-41,37-54-48-29-13-11-27-44(48)45-28-12-14-30-49(45)54)33-34-52(46-31-15-19-38-17-7-9-25-42(38)46)47-32-16-20-39-18-8-10-26-43(39)47/h1-32,51H,33-37H2/t50-/m0/s1. The van der Waals surface area contributed by atoms with Crippen molar-refractivity contribution in [2.45, 2.75) is 12.6 Å². The highest BCUT2D eigenvalue weighted by Gasteiger charge is 2.37. The van der Waals surface area contributed by atoms with E-state index in [0.717, 1.165) is 24.9 Å². The predicted molar refractivity (Wildman–Crippen MR) is 241 cm³/mol. The third-order valence-corrected chi connectivity index (χ3v) is 19.5. The van der Waals surface area contributed by atoms with E-state index in [-0.39, 0.29) is 12.0 Å². The number of fused-ring (bicyclic) bond motifs is 5. The van der Waals surface area contributed by atoms with E-state index < -0.39 is 23.4 Å². The van der Waals surface area contributed by atoms with E-state index >= 15 is 0 Å². The molecule has 0 aliphatic rings. The smallest absolute Gasteiger partial charge is 0.0497 e. The first-order chi connectivity index (χ1) is 26.7. The van der Waals surface area contributed by atoms with Crippen LogP contribution in [0.4, 0.5) is 0 Å². The molecule has 0 aliphatic carbocycles. The Morgan fingerprint density at radius 2 is 0.852 bits per heavy atom. The summed E-state index contributed by atoms with van der Waals surface area (Å²) in [6.45, 7) is 0.156. The second-order valence-electron chi connectivity index (χ2n) is 14.4. The van der Waals surface area contributed by atoms with Crippen molar-refractivity contribution in [3.63, 3.8) is 0 Å². The molecule has 0 saturated carbocycles. The van der Waals surface area contributed by atoms with Gasteiger partial charge < -0.3 is 5.11 Å². The first kappa shape index (κ1) is 35.1. The Morgan fingerprint density at radius 1 is 0.426 bits per heavy atom. The summed E-state index contributed by atoms with van der Waals surface area (Å²) in [7, 11) is -2.19. The molecule has 0 fully saturated rings. The van der Waals surface area contributed by atoms with E-state index in [0.29, 0.717) is 0 Å². The van der Waals surface area contributed by atoms with Gasteiger partial charge in [-0.1, -0.05) is 194 Å². The monoisotopic (exact) mass is 752 g/mol. The zero-order valence-electron chi connectivity index (χ0n) is 30.3. The summed E-state index contributed by atoms with van der Waals surface area (Å²) < 4.78 is 0. The number of hydrogen-bond acceptors (Lipinski definition) is 1. The number of benzene rings is 8. The maximum Gasteiger partial charge on any atom is 0.0497 e. The summed E-state index contributed by atoms with van der Waals surface area (Å²) in [5.41, 5.74) is -0.316. The van der Waals surface area contributed by atoms with Crippen LogP contribution in [-0.2, 0) is 6.16 Å². The molecular formula is C50H43OP3. The fourth-order valence-corrected chi connectivity index (χ4v) is 17.4.